The van der Waals surface area contributed by atoms with Crippen LogP contribution in [0.4, 0.5) is 0 Å². The first kappa shape index (κ1) is 12.5. The Morgan fingerprint density at radius 1 is 1.41 bits per heavy atom. The molecular weight excluding hydrogens is 234 g/mol. The molecule has 1 aromatic rings. The lowest BCUT2D eigenvalue weighted by atomic mass is 9.89. The molecule has 2 rings (SSSR count). The maximum absolute atomic E-state index is 11.9. The highest BCUT2D eigenvalue weighted by atomic mass is 32.2. The van der Waals surface area contributed by atoms with Crippen LogP contribution in [0.2, 0.25) is 0 Å². The van der Waals surface area contributed by atoms with Crippen LogP contribution in [0.3, 0.4) is 0 Å². The molecule has 1 fully saturated rings. The van der Waals surface area contributed by atoms with E-state index in [1.165, 1.54) is 4.90 Å². The first-order valence-electron chi connectivity index (χ1n) is 5.63. The number of benzene rings is 1. The minimum absolute atomic E-state index is 0.00854. The maximum Gasteiger partial charge on any atom is 0.251 e. The van der Waals surface area contributed by atoms with Crippen LogP contribution in [0.25, 0.3) is 0 Å². The van der Waals surface area contributed by atoms with Gasteiger partial charge in [-0.1, -0.05) is 6.92 Å². The van der Waals surface area contributed by atoms with Crippen LogP contribution in [-0.2, 0) is 4.74 Å². The second kappa shape index (κ2) is 5.10. The number of nitrogens with one attached hydrogen (secondary N) is 1. The monoisotopic (exact) mass is 251 g/mol. The second-order valence-corrected chi connectivity index (χ2v) is 5.59. The van der Waals surface area contributed by atoms with E-state index < -0.39 is 0 Å². The lowest BCUT2D eigenvalue weighted by Gasteiger charge is -2.38. The Labute approximate surface area is 106 Å². The smallest absolute Gasteiger partial charge is 0.251 e. The van der Waals surface area contributed by atoms with Gasteiger partial charge in [-0.2, -0.15) is 0 Å². The summed E-state index contributed by atoms with van der Waals surface area (Å²) in [5, 5.41) is 2.95. The zero-order chi connectivity index (χ0) is 12.3. The molecule has 0 aliphatic carbocycles. The van der Waals surface area contributed by atoms with Gasteiger partial charge in [0.05, 0.1) is 13.2 Å². The Morgan fingerprint density at radius 3 is 2.53 bits per heavy atom. The van der Waals surface area contributed by atoms with Crippen LogP contribution in [-0.4, -0.2) is 31.9 Å². The van der Waals surface area contributed by atoms with E-state index in [2.05, 4.69) is 12.2 Å². The molecule has 0 atom stereocenters. The van der Waals surface area contributed by atoms with Crippen molar-refractivity contribution in [3.05, 3.63) is 29.8 Å². The minimum Gasteiger partial charge on any atom is -0.380 e. The first-order valence-corrected chi connectivity index (χ1v) is 6.85. The highest BCUT2D eigenvalue weighted by molar-refractivity contribution is 7.98. The molecule has 1 aliphatic heterocycles. The van der Waals surface area contributed by atoms with E-state index in [0.29, 0.717) is 12.1 Å². The van der Waals surface area contributed by atoms with Crippen molar-refractivity contribution >= 4 is 17.7 Å². The van der Waals surface area contributed by atoms with Crippen molar-refractivity contribution in [3.63, 3.8) is 0 Å². The number of hydrogen-bond donors (Lipinski definition) is 1. The summed E-state index contributed by atoms with van der Waals surface area (Å²) >= 11 is 1.67. The molecule has 0 aromatic heterocycles. The van der Waals surface area contributed by atoms with Crippen molar-refractivity contribution in [2.45, 2.75) is 11.8 Å². The number of carbonyl (C=O) groups is 1. The van der Waals surface area contributed by atoms with Crippen molar-refractivity contribution < 1.29 is 9.53 Å². The molecule has 1 aliphatic rings. The van der Waals surface area contributed by atoms with Crippen LogP contribution >= 0.6 is 11.8 Å². The molecule has 17 heavy (non-hydrogen) atoms. The summed E-state index contributed by atoms with van der Waals surface area (Å²) in [5.74, 6) is -0.00854. The topological polar surface area (TPSA) is 38.3 Å². The molecule has 92 valence electrons. The fraction of sp³-hybridized carbons (Fsp3) is 0.462. The summed E-state index contributed by atoms with van der Waals surface area (Å²) in [6.07, 6.45) is 2.02. The summed E-state index contributed by atoms with van der Waals surface area (Å²) < 4.78 is 5.15. The Balaban J connectivity index is 1.90. The van der Waals surface area contributed by atoms with Crippen molar-refractivity contribution in [2.24, 2.45) is 5.41 Å². The highest BCUT2D eigenvalue weighted by Gasteiger charge is 2.33. The lowest BCUT2D eigenvalue weighted by Crippen LogP contribution is -2.48. The number of ether oxygens (including phenoxy) is 1. The second-order valence-electron chi connectivity index (χ2n) is 4.71. The normalized spacial score (nSPS) is 17.3. The summed E-state index contributed by atoms with van der Waals surface area (Å²) in [7, 11) is 0. The average Bonchev–Trinajstić information content (AvgIpc) is 2.33. The van der Waals surface area contributed by atoms with Crippen molar-refractivity contribution in [1.82, 2.24) is 5.32 Å². The SMILES string of the molecule is CSc1ccc(C(=O)NCC2(C)COC2)cc1. The van der Waals surface area contributed by atoms with Crippen LogP contribution in [0.1, 0.15) is 17.3 Å². The number of amides is 1. The molecule has 4 heteroatoms. The summed E-state index contributed by atoms with van der Waals surface area (Å²) in [6, 6.07) is 7.66. The molecule has 1 aromatic carbocycles. The van der Waals surface area contributed by atoms with Crippen LogP contribution in [0.15, 0.2) is 29.2 Å². The molecule has 1 N–H and O–H groups in total. The lowest BCUT2D eigenvalue weighted by molar-refractivity contribution is -0.0978. The van der Waals surface area contributed by atoms with E-state index in [0.717, 1.165) is 13.2 Å². The van der Waals surface area contributed by atoms with Gasteiger partial charge in [-0.15, -0.1) is 11.8 Å². The number of thioether (sulfide) groups is 1. The van der Waals surface area contributed by atoms with Crippen LogP contribution in [0.5, 0.6) is 0 Å². The molecule has 1 amide bonds. The Hall–Kier alpha value is -1.00. The third-order valence-electron chi connectivity index (χ3n) is 2.93. The highest BCUT2D eigenvalue weighted by Crippen LogP contribution is 2.25. The molecule has 0 spiro atoms. The van der Waals surface area contributed by atoms with Crippen molar-refractivity contribution in [1.29, 1.82) is 0 Å². The molecule has 1 saturated heterocycles. The van der Waals surface area contributed by atoms with E-state index in [4.69, 9.17) is 4.74 Å². The quantitative estimate of drug-likeness (QED) is 0.834. The van der Waals surface area contributed by atoms with Gasteiger partial charge < -0.3 is 10.1 Å². The standard InChI is InChI=1S/C13H17NO2S/c1-13(8-16-9-13)7-14-12(15)10-3-5-11(17-2)6-4-10/h3-6H,7-9H2,1-2H3,(H,14,15). The maximum atomic E-state index is 11.9. The first-order chi connectivity index (χ1) is 8.13. The Kier molecular flexibility index (Phi) is 3.74. The van der Waals surface area contributed by atoms with E-state index >= 15 is 0 Å². The van der Waals surface area contributed by atoms with Crippen molar-refractivity contribution in [2.75, 3.05) is 26.0 Å². The fourth-order valence-corrected chi connectivity index (χ4v) is 2.10. The van der Waals surface area contributed by atoms with Gasteiger partial charge in [-0.05, 0) is 30.5 Å². The third kappa shape index (κ3) is 3.01. The Morgan fingerprint density at radius 2 is 2.06 bits per heavy atom. The predicted octanol–water partition coefficient (Wildman–Crippen LogP) is 2.17. The van der Waals surface area contributed by atoms with E-state index in [-0.39, 0.29) is 11.3 Å². The van der Waals surface area contributed by atoms with Gasteiger partial charge >= 0.3 is 0 Å². The molecule has 0 unspecified atom stereocenters. The largest absolute Gasteiger partial charge is 0.380 e. The van der Waals surface area contributed by atoms with E-state index in [9.17, 15) is 4.79 Å². The summed E-state index contributed by atoms with van der Waals surface area (Å²) in [5.41, 5.74) is 0.834. The molecule has 0 bridgehead atoms. The molecule has 0 saturated carbocycles. The molecule has 1 heterocycles. The van der Waals surface area contributed by atoms with Crippen LogP contribution in [0, 0.1) is 5.41 Å². The average molecular weight is 251 g/mol. The van der Waals surface area contributed by atoms with Gasteiger partial charge in [0.1, 0.15) is 0 Å². The van der Waals surface area contributed by atoms with E-state index in [1.54, 1.807) is 11.8 Å². The van der Waals surface area contributed by atoms with Gasteiger partial charge in [-0.25, -0.2) is 0 Å². The molecule has 3 nitrogen and oxygen atoms in total. The Bertz CT molecular complexity index is 398. The third-order valence-corrected chi connectivity index (χ3v) is 3.67. The molecule has 0 radical (unpaired) electrons. The van der Waals surface area contributed by atoms with Gasteiger partial charge in [0, 0.05) is 22.4 Å². The van der Waals surface area contributed by atoms with Crippen molar-refractivity contribution in [3.8, 4) is 0 Å². The van der Waals surface area contributed by atoms with Gasteiger partial charge in [-0.3, -0.25) is 4.79 Å². The fourth-order valence-electron chi connectivity index (χ4n) is 1.69. The zero-order valence-electron chi connectivity index (χ0n) is 10.2. The zero-order valence-corrected chi connectivity index (χ0v) is 11.0. The van der Waals surface area contributed by atoms with Gasteiger partial charge in [0.25, 0.3) is 5.91 Å². The molecular formula is C13H17NO2S. The predicted molar refractivity (Wildman–Crippen MR) is 69.5 cm³/mol. The number of hydrogen-bond acceptors (Lipinski definition) is 3. The number of carbonyl (C=O) groups excluding carboxylic acids is 1. The van der Waals surface area contributed by atoms with Gasteiger partial charge in [0.15, 0.2) is 0 Å². The number of rotatable bonds is 4. The van der Waals surface area contributed by atoms with E-state index in [1.807, 2.05) is 30.5 Å². The van der Waals surface area contributed by atoms with Crippen LogP contribution < -0.4 is 5.32 Å². The summed E-state index contributed by atoms with van der Waals surface area (Å²) in [6.45, 7) is 4.26. The van der Waals surface area contributed by atoms with Gasteiger partial charge in [0.2, 0.25) is 0 Å². The summed E-state index contributed by atoms with van der Waals surface area (Å²) in [4.78, 5) is 13.0. The minimum atomic E-state index is -0.00854.